The van der Waals surface area contributed by atoms with E-state index in [2.05, 4.69) is 15.4 Å². The van der Waals surface area contributed by atoms with Crippen LogP contribution in [0.1, 0.15) is 28.4 Å². The van der Waals surface area contributed by atoms with E-state index in [0.29, 0.717) is 16.8 Å². The highest BCUT2D eigenvalue weighted by atomic mass is 16.5. The zero-order chi connectivity index (χ0) is 25.9. The number of hydrogen-bond acceptors (Lipinski definition) is 7. The average molecular weight is 495 g/mol. The number of fused-ring (bicyclic) bond motifs is 2. The van der Waals surface area contributed by atoms with Crippen molar-refractivity contribution < 1.29 is 18.7 Å². The van der Waals surface area contributed by atoms with E-state index in [1.807, 2.05) is 43.3 Å². The summed E-state index contributed by atoms with van der Waals surface area (Å²) in [6, 6.07) is 16.5. The summed E-state index contributed by atoms with van der Waals surface area (Å²) in [7, 11) is 0. The number of pyridine rings is 1. The number of hydrogen-bond donors (Lipinski definition) is 1. The fourth-order valence-electron chi connectivity index (χ4n) is 3.87. The van der Waals surface area contributed by atoms with Crippen LogP contribution in [0.25, 0.3) is 33.8 Å². The minimum absolute atomic E-state index is 0.0688. The van der Waals surface area contributed by atoms with Crippen molar-refractivity contribution in [3.05, 3.63) is 100 Å². The quantitative estimate of drug-likeness (QED) is 0.269. The third kappa shape index (κ3) is 4.74. The van der Waals surface area contributed by atoms with Crippen LogP contribution in [0.15, 0.2) is 82.3 Å². The summed E-state index contributed by atoms with van der Waals surface area (Å²) >= 11 is 0. The standard InChI is InChI=1S/C28H22N4O5/c1-3-36-28(35)21-15-29-32(24-12-9-18-6-4-5-7-22(18)30-24)27(21)31-25(33)13-10-19-16-37-23-11-8-17(2)14-20(23)26(19)34/h4-16H,3H2,1-2H3,(H,31,33)/b13-10+. The maximum atomic E-state index is 12.9. The van der Waals surface area contributed by atoms with Crippen molar-refractivity contribution >= 4 is 45.6 Å². The van der Waals surface area contributed by atoms with Crippen molar-refractivity contribution in [1.29, 1.82) is 0 Å². The van der Waals surface area contributed by atoms with Crippen LogP contribution in [0, 0.1) is 6.92 Å². The van der Waals surface area contributed by atoms with Gasteiger partial charge in [-0.15, -0.1) is 0 Å². The molecule has 0 aliphatic heterocycles. The van der Waals surface area contributed by atoms with Crippen LogP contribution in [0.4, 0.5) is 5.82 Å². The SMILES string of the molecule is CCOC(=O)c1cnn(-c2ccc3ccccc3n2)c1NC(=O)/C=C/c1coc2ccc(C)cc2c1=O. The summed E-state index contributed by atoms with van der Waals surface area (Å²) in [6.07, 6.45) is 5.17. The number of benzene rings is 2. The summed E-state index contributed by atoms with van der Waals surface area (Å²) in [5, 5.41) is 8.31. The highest BCUT2D eigenvalue weighted by Gasteiger charge is 2.22. The topological polar surface area (TPSA) is 116 Å². The Hall–Kier alpha value is -5.05. The lowest BCUT2D eigenvalue weighted by molar-refractivity contribution is -0.111. The third-order valence-electron chi connectivity index (χ3n) is 5.68. The molecule has 0 spiro atoms. The Morgan fingerprint density at radius 3 is 2.81 bits per heavy atom. The molecule has 0 bridgehead atoms. The monoisotopic (exact) mass is 494 g/mol. The van der Waals surface area contributed by atoms with Crippen molar-refractivity contribution in [1.82, 2.24) is 14.8 Å². The van der Waals surface area contributed by atoms with Gasteiger partial charge in [-0.25, -0.2) is 9.78 Å². The van der Waals surface area contributed by atoms with Crippen LogP contribution in [0.2, 0.25) is 0 Å². The van der Waals surface area contributed by atoms with Gasteiger partial charge in [-0.3, -0.25) is 9.59 Å². The Morgan fingerprint density at radius 1 is 1.14 bits per heavy atom. The van der Waals surface area contributed by atoms with E-state index >= 15 is 0 Å². The van der Waals surface area contributed by atoms with Crippen LogP contribution < -0.4 is 10.7 Å². The van der Waals surface area contributed by atoms with Gasteiger partial charge in [0, 0.05) is 11.5 Å². The van der Waals surface area contributed by atoms with Gasteiger partial charge in [0.2, 0.25) is 5.91 Å². The number of carbonyl (C=O) groups is 2. The average Bonchev–Trinajstić information content (AvgIpc) is 3.32. The summed E-state index contributed by atoms with van der Waals surface area (Å²) in [5.74, 6) is -0.729. The molecular formula is C28H22N4O5. The van der Waals surface area contributed by atoms with Gasteiger partial charge in [0.25, 0.3) is 0 Å². The van der Waals surface area contributed by atoms with Crippen LogP contribution in [-0.4, -0.2) is 33.2 Å². The second-order valence-electron chi connectivity index (χ2n) is 8.24. The molecule has 9 nitrogen and oxygen atoms in total. The lowest BCUT2D eigenvalue weighted by Crippen LogP contribution is -2.16. The predicted octanol–water partition coefficient (Wildman–Crippen LogP) is 4.66. The van der Waals surface area contributed by atoms with Gasteiger partial charge in [-0.05, 0) is 50.3 Å². The molecule has 0 fully saturated rings. The van der Waals surface area contributed by atoms with Gasteiger partial charge in [0.1, 0.15) is 17.4 Å². The Morgan fingerprint density at radius 2 is 1.97 bits per heavy atom. The number of para-hydroxylation sites is 1. The van der Waals surface area contributed by atoms with E-state index in [1.54, 1.807) is 25.1 Å². The smallest absolute Gasteiger partial charge is 0.343 e. The van der Waals surface area contributed by atoms with Gasteiger partial charge in [-0.2, -0.15) is 9.78 Å². The fraction of sp³-hybridized carbons (Fsp3) is 0.107. The van der Waals surface area contributed by atoms with Crippen LogP contribution >= 0.6 is 0 Å². The molecule has 1 amide bonds. The van der Waals surface area contributed by atoms with Crippen molar-refractivity contribution in [3.63, 3.8) is 0 Å². The fourth-order valence-corrected chi connectivity index (χ4v) is 3.87. The molecule has 184 valence electrons. The van der Waals surface area contributed by atoms with Gasteiger partial charge in [-0.1, -0.05) is 29.8 Å². The summed E-state index contributed by atoms with van der Waals surface area (Å²) < 4.78 is 12.0. The Kier molecular flexibility index (Phi) is 6.34. The third-order valence-corrected chi connectivity index (χ3v) is 5.68. The molecule has 5 rings (SSSR count). The molecule has 2 aromatic carbocycles. The molecule has 37 heavy (non-hydrogen) atoms. The molecule has 0 saturated carbocycles. The zero-order valence-electron chi connectivity index (χ0n) is 20.1. The second-order valence-corrected chi connectivity index (χ2v) is 8.24. The number of aromatic nitrogens is 3. The van der Waals surface area contributed by atoms with Crippen molar-refractivity contribution in [2.24, 2.45) is 0 Å². The first-order valence-electron chi connectivity index (χ1n) is 11.6. The number of aryl methyl sites for hydroxylation is 1. The second kappa shape index (κ2) is 9.90. The van der Waals surface area contributed by atoms with E-state index < -0.39 is 11.9 Å². The lowest BCUT2D eigenvalue weighted by atomic mass is 10.1. The first kappa shape index (κ1) is 23.7. The molecule has 3 heterocycles. The minimum atomic E-state index is -0.639. The summed E-state index contributed by atoms with van der Waals surface area (Å²) in [5.41, 5.74) is 2.13. The highest BCUT2D eigenvalue weighted by molar-refractivity contribution is 6.06. The number of nitrogens with zero attached hydrogens (tertiary/aromatic N) is 3. The molecule has 0 aliphatic rings. The van der Waals surface area contributed by atoms with E-state index in [-0.39, 0.29) is 29.0 Å². The number of amides is 1. The summed E-state index contributed by atoms with van der Waals surface area (Å²) in [6.45, 7) is 3.72. The zero-order valence-corrected chi connectivity index (χ0v) is 20.1. The number of carbonyl (C=O) groups excluding carboxylic acids is 2. The van der Waals surface area contributed by atoms with Crippen molar-refractivity contribution in [2.75, 3.05) is 11.9 Å². The normalized spacial score (nSPS) is 11.3. The van der Waals surface area contributed by atoms with Gasteiger partial charge in [0.05, 0.1) is 29.3 Å². The van der Waals surface area contributed by atoms with E-state index in [4.69, 9.17) is 9.15 Å². The minimum Gasteiger partial charge on any atom is -0.463 e. The molecule has 5 aromatic rings. The molecule has 0 atom stereocenters. The Balaban J connectivity index is 1.48. The largest absolute Gasteiger partial charge is 0.463 e. The van der Waals surface area contributed by atoms with Crippen LogP contribution in [0.3, 0.4) is 0 Å². The molecule has 0 unspecified atom stereocenters. The van der Waals surface area contributed by atoms with Crippen LogP contribution in [-0.2, 0) is 9.53 Å². The molecule has 3 aromatic heterocycles. The van der Waals surface area contributed by atoms with Crippen molar-refractivity contribution in [2.45, 2.75) is 13.8 Å². The first-order chi connectivity index (χ1) is 17.9. The van der Waals surface area contributed by atoms with Crippen LogP contribution in [0.5, 0.6) is 0 Å². The lowest BCUT2D eigenvalue weighted by Gasteiger charge is -2.10. The van der Waals surface area contributed by atoms with Crippen molar-refractivity contribution in [3.8, 4) is 5.82 Å². The molecular weight excluding hydrogens is 472 g/mol. The van der Waals surface area contributed by atoms with Gasteiger partial charge >= 0.3 is 5.97 Å². The number of rotatable bonds is 6. The summed E-state index contributed by atoms with van der Waals surface area (Å²) in [4.78, 5) is 42.9. The molecule has 0 radical (unpaired) electrons. The number of anilines is 1. The molecule has 0 saturated heterocycles. The maximum Gasteiger partial charge on any atom is 0.343 e. The number of ether oxygens (including phenoxy) is 1. The number of esters is 1. The first-order valence-corrected chi connectivity index (χ1v) is 11.6. The van der Waals surface area contributed by atoms with E-state index in [9.17, 15) is 14.4 Å². The van der Waals surface area contributed by atoms with Gasteiger partial charge < -0.3 is 14.5 Å². The van der Waals surface area contributed by atoms with E-state index in [1.165, 1.54) is 29.3 Å². The highest BCUT2D eigenvalue weighted by Crippen LogP contribution is 2.23. The molecule has 0 aliphatic carbocycles. The number of nitrogens with one attached hydrogen (secondary N) is 1. The predicted molar refractivity (Wildman–Crippen MR) is 140 cm³/mol. The maximum absolute atomic E-state index is 12.9. The Bertz CT molecular complexity index is 1750. The Labute approximate surface area is 211 Å². The molecule has 9 heteroatoms. The molecule has 1 N–H and O–H groups in total. The van der Waals surface area contributed by atoms with Gasteiger partial charge in [0.15, 0.2) is 17.1 Å². The van der Waals surface area contributed by atoms with E-state index in [0.717, 1.165) is 16.5 Å².